The lowest BCUT2D eigenvalue weighted by atomic mass is 9.34. The quantitative estimate of drug-likeness (QED) is 0.182. The number of rotatable bonds is 8. The van der Waals surface area contributed by atoms with Crippen LogP contribution < -0.4 is 10.6 Å². The number of hydrogen-bond acceptors (Lipinski definition) is 5. The van der Waals surface area contributed by atoms with Crippen molar-refractivity contribution in [3.05, 3.63) is 47.0 Å². The number of carbonyl (C=O) groups excluding carboxylic acids is 3. The summed E-state index contributed by atoms with van der Waals surface area (Å²) in [4.78, 5) is 52.6. The summed E-state index contributed by atoms with van der Waals surface area (Å²) in [6.07, 6.45) is 7.42. The molecule has 0 aromatic heterocycles. The zero-order chi connectivity index (χ0) is 38.2. The van der Waals surface area contributed by atoms with E-state index < -0.39 is 22.9 Å². The molecule has 6 rings (SSSR count). The van der Waals surface area contributed by atoms with Crippen LogP contribution in [0.15, 0.2) is 41.5 Å². The Balaban J connectivity index is 1.29. The molecule has 286 valence electrons. The van der Waals surface area contributed by atoms with Crippen LogP contribution in [0.2, 0.25) is 0 Å². The Labute approximate surface area is 311 Å². The molecule has 1 aromatic rings. The van der Waals surface area contributed by atoms with Gasteiger partial charge < -0.3 is 20.5 Å². The summed E-state index contributed by atoms with van der Waals surface area (Å²) in [6, 6.07) is 9.61. The van der Waals surface area contributed by atoms with Crippen molar-refractivity contribution in [2.45, 2.75) is 151 Å². The van der Waals surface area contributed by atoms with Crippen LogP contribution in [-0.2, 0) is 19.1 Å². The maximum atomic E-state index is 14.0. The summed E-state index contributed by atoms with van der Waals surface area (Å²) in [5.41, 5.74) is 1.55. The van der Waals surface area contributed by atoms with E-state index in [4.69, 9.17) is 4.74 Å². The number of ether oxygens (including phenoxy) is 1. The van der Waals surface area contributed by atoms with E-state index in [1.54, 1.807) is 13.8 Å². The summed E-state index contributed by atoms with van der Waals surface area (Å²) in [5.74, 6) is -0.405. The maximum Gasteiger partial charge on any atom is 0.315 e. The molecular formula is C44H64N2O6. The Hall–Kier alpha value is -3.16. The molecule has 5 aliphatic carbocycles. The van der Waals surface area contributed by atoms with Crippen molar-refractivity contribution >= 4 is 23.8 Å². The molecule has 52 heavy (non-hydrogen) atoms. The lowest BCUT2D eigenvalue weighted by molar-refractivity contribution is -0.214. The smallest absolute Gasteiger partial charge is 0.315 e. The molecular weight excluding hydrogens is 652 g/mol. The van der Waals surface area contributed by atoms with Crippen LogP contribution in [0.3, 0.4) is 0 Å². The van der Waals surface area contributed by atoms with Gasteiger partial charge in [-0.1, -0.05) is 84.4 Å². The van der Waals surface area contributed by atoms with Gasteiger partial charge in [-0.25, -0.2) is 4.79 Å². The van der Waals surface area contributed by atoms with E-state index in [9.17, 15) is 24.3 Å². The van der Waals surface area contributed by atoms with Gasteiger partial charge in [-0.15, -0.1) is 0 Å². The molecule has 5 aliphatic rings. The van der Waals surface area contributed by atoms with E-state index in [-0.39, 0.29) is 63.9 Å². The minimum Gasteiger partial charge on any atom is -0.481 e. The highest BCUT2D eigenvalue weighted by Crippen LogP contribution is 2.75. The molecule has 2 amide bonds. The molecule has 8 nitrogen and oxygen atoms in total. The third kappa shape index (κ3) is 5.93. The van der Waals surface area contributed by atoms with E-state index in [2.05, 4.69) is 59.1 Å². The summed E-state index contributed by atoms with van der Waals surface area (Å²) >= 11 is 0. The average molecular weight is 717 g/mol. The van der Waals surface area contributed by atoms with Crippen LogP contribution in [0.1, 0.15) is 145 Å². The highest BCUT2D eigenvalue weighted by molar-refractivity contribution is 5.92. The van der Waals surface area contributed by atoms with Crippen molar-refractivity contribution in [1.82, 2.24) is 10.6 Å². The summed E-state index contributed by atoms with van der Waals surface area (Å²) in [5, 5.41) is 16.2. The van der Waals surface area contributed by atoms with Crippen LogP contribution in [-0.4, -0.2) is 40.5 Å². The summed E-state index contributed by atoms with van der Waals surface area (Å²) in [6.45, 7) is 21.5. The van der Waals surface area contributed by atoms with E-state index >= 15 is 0 Å². The number of amides is 2. The Morgan fingerprint density at radius 3 is 2.23 bits per heavy atom. The molecule has 9 atom stereocenters. The molecule has 0 heterocycles. The van der Waals surface area contributed by atoms with Gasteiger partial charge in [-0.05, 0) is 117 Å². The monoisotopic (exact) mass is 716 g/mol. The van der Waals surface area contributed by atoms with Gasteiger partial charge in [0.15, 0.2) is 0 Å². The first-order valence-corrected chi connectivity index (χ1v) is 20.0. The fourth-order valence-electron chi connectivity index (χ4n) is 12.7. The van der Waals surface area contributed by atoms with E-state index in [0.717, 1.165) is 56.9 Å². The van der Waals surface area contributed by atoms with Gasteiger partial charge in [0.1, 0.15) is 11.9 Å². The van der Waals surface area contributed by atoms with Crippen LogP contribution >= 0.6 is 0 Å². The fraction of sp³-hybridized carbons (Fsp3) is 0.727. The van der Waals surface area contributed by atoms with E-state index in [1.807, 2.05) is 37.3 Å². The zero-order valence-electron chi connectivity index (χ0n) is 33.4. The first-order valence-electron chi connectivity index (χ1n) is 20.0. The molecule has 4 saturated carbocycles. The standard InChI is InChI=1S/C44H64N2O6/c1-26(2)35-30(47)24-44(46-38(51)45-27(3)28-14-12-11-13-15-28)23-22-42(9)29(36(35)44)16-17-32-41(8)20-19-33(52-34(48)25-39(4,5)37(49)50)40(6,7)31(41)18-21-43(32,42)10/h11-15,26-27,31-33,35H,16-25H2,1-10H3,(H,49,50)(H2,45,46,51)/t27-,31?,32?,33+,35?,41+,42-,43-,44-/m1/s1. The highest BCUT2D eigenvalue weighted by Gasteiger charge is 2.69. The first-order chi connectivity index (χ1) is 24.1. The van der Waals surface area contributed by atoms with Gasteiger partial charge in [0.2, 0.25) is 0 Å². The lowest BCUT2D eigenvalue weighted by Gasteiger charge is -2.70. The fourth-order valence-corrected chi connectivity index (χ4v) is 12.7. The second-order valence-corrected chi connectivity index (χ2v) is 19.7. The Kier molecular flexibility index (Phi) is 9.64. The van der Waals surface area contributed by atoms with Gasteiger partial charge >= 0.3 is 18.0 Å². The third-order valence-corrected chi connectivity index (χ3v) is 15.7. The second-order valence-electron chi connectivity index (χ2n) is 19.7. The van der Waals surface area contributed by atoms with E-state index in [1.165, 1.54) is 11.1 Å². The van der Waals surface area contributed by atoms with Crippen molar-refractivity contribution in [2.75, 3.05) is 0 Å². The van der Waals surface area contributed by atoms with Gasteiger partial charge in [0.25, 0.3) is 0 Å². The second kappa shape index (κ2) is 13.0. The number of allylic oxidation sites excluding steroid dienone is 1. The molecule has 4 fully saturated rings. The number of esters is 1. The zero-order valence-corrected chi connectivity index (χ0v) is 33.4. The molecule has 3 unspecified atom stereocenters. The average Bonchev–Trinajstić information content (AvgIpc) is 3.34. The Bertz CT molecular complexity index is 1650. The van der Waals surface area contributed by atoms with E-state index in [0.29, 0.717) is 18.3 Å². The molecule has 0 aliphatic heterocycles. The van der Waals surface area contributed by atoms with Crippen molar-refractivity contribution in [3.63, 3.8) is 0 Å². The number of nitrogens with one attached hydrogen (secondary N) is 2. The summed E-state index contributed by atoms with van der Waals surface area (Å²) < 4.78 is 6.16. The molecule has 0 bridgehead atoms. The SMILES string of the molecule is CC(C)C1C(=O)C[C@]2(NC(=O)N[C@H](C)c3ccccc3)CC[C@]3(C)C(=C12)CCC1[C@@]2(C)CC[C@H](OC(=O)CC(C)(C)C(=O)O)C(C)(C)C2CC[C@]13C. The number of urea groups is 1. The predicted octanol–water partition coefficient (Wildman–Crippen LogP) is 9.19. The lowest BCUT2D eigenvalue weighted by Crippen LogP contribution is -2.65. The topological polar surface area (TPSA) is 122 Å². The van der Waals surface area contributed by atoms with Crippen LogP contribution in [0.4, 0.5) is 4.79 Å². The van der Waals surface area contributed by atoms with Crippen LogP contribution in [0, 0.1) is 50.7 Å². The number of hydrogen-bond donors (Lipinski definition) is 3. The van der Waals surface area contributed by atoms with Gasteiger partial charge in [0, 0.05) is 17.8 Å². The number of carboxylic acids is 1. The molecule has 1 aromatic carbocycles. The first kappa shape index (κ1) is 38.6. The number of fused-ring (bicyclic) bond motifs is 6. The Morgan fingerprint density at radius 2 is 1.60 bits per heavy atom. The molecule has 0 radical (unpaired) electrons. The van der Waals surface area contributed by atoms with Gasteiger partial charge in [0.05, 0.1) is 23.4 Å². The number of benzene rings is 1. The van der Waals surface area contributed by atoms with Crippen LogP contribution in [0.5, 0.6) is 0 Å². The van der Waals surface area contributed by atoms with Crippen LogP contribution in [0.25, 0.3) is 0 Å². The van der Waals surface area contributed by atoms with Crippen molar-refractivity contribution in [3.8, 4) is 0 Å². The van der Waals surface area contributed by atoms with Gasteiger partial charge in [-0.3, -0.25) is 14.4 Å². The highest BCUT2D eigenvalue weighted by atomic mass is 16.5. The maximum absolute atomic E-state index is 14.0. The normalized spacial score (nSPS) is 37.2. The number of ketones is 1. The minimum atomic E-state index is -1.17. The summed E-state index contributed by atoms with van der Waals surface area (Å²) in [7, 11) is 0. The number of carboxylic acid groups (broad SMARTS) is 1. The minimum absolute atomic E-state index is 0.00729. The van der Waals surface area contributed by atoms with Gasteiger partial charge in [-0.2, -0.15) is 0 Å². The number of aliphatic carboxylic acids is 1. The number of Topliss-reactive ketones (excluding diaryl/α,β-unsaturated/α-hetero) is 1. The molecule has 8 heteroatoms. The number of carbonyl (C=O) groups is 4. The largest absolute Gasteiger partial charge is 0.481 e. The third-order valence-electron chi connectivity index (χ3n) is 15.7. The van der Waals surface area contributed by atoms with Crippen molar-refractivity contribution in [2.24, 2.45) is 50.7 Å². The predicted molar refractivity (Wildman–Crippen MR) is 202 cm³/mol. The van der Waals surface area contributed by atoms with Crippen molar-refractivity contribution in [1.29, 1.82) is 0 Å². The van der Waals surface area contributed by atoms with Crippen molar-refractivity contribution < 1.29 is 29.0 Å². The Morgan fingerprint density at radius 1 is 0.923 bits per heavy atom. The molecule has 0 spiro atoms. The molecule has 3 N–H and O–H groups in total. The molecule has 0 saturated heterocycles.